The van der Waals surface area contributed by atoms with E-state index in [9.17, 15) is 4.79 Å². The van der Waals surface area contributed by atoms with Gasteiger partial charge in [0.25, 0.3) is 0 Å². The van der Waals surface area contributed by atoms with Crippen molar-refractivity contribution in [3.05, 3.63) is 48.0 Å². The molecule has 2 aromatic rings. The van der Waals surface area contributed by atoms with Crippen molar-refractivity contribution in [1.29, 1.82) is 0 Å². The highest BCUT2D eigenvalue weighted by atomic mass is 16.5. The number of fused-ring (bicyclic) bond motifs is 1. The third-order valence-electron chi connectivity index (χ3n) is 2.39. The zero-order chi connectivity index (χ0) is 11.4. The zero-order valence-electron chi connectivity index (χ0n) is 9.07. The third-order valence-corrected chi connectivity index (χ3v) is 2.39. The van der Waals surface area contributed by atoms with E-state index in [0.717, 1.165) is 10.9 Å². The fourth-order valence-corrected chi connectivity index (χ4v) is 1.55. The molecule has 0 spiro atoms. The van der Waals surface area contributed by atoms with Gasteiger partial charge in [0.15, 0.2) is 0 Å². The smallest absolute Gasteiger partial charge is 0.407 e. The fourth-order valence-electron chi connectivity index (χ4n) is 1.55. The van der Waals surface area contributed by atoms with Crippen molar-refractivity contribution in [2.24, 2.45) is 0 Å². The highest BCUT2D eigenvalue weighted by Gasteiger charge is 2.00. The Morgan fingerprint density at radius 2 is 1.94 bits per heavy atom. The maximum absolute atomic E-state index is 10.9. The van der Waals surface area contributed by atoms with Crippen LogP contribution in [-0.4, -0.2) is 13.1 Å². The molecule has 0 aliphatic carbocycles. The monoisotopic (exact) mass is 215 g/mol. The van der Waals surface area contributed by atoms with Crippen LogP contribution in [0.5, 0.6) is 0 Å². The second kappa shape index (κ2) is 4.66. The van der Waals surface area contributed by atoms with Crippen LogP contribution >= 0.6 is 0 Å². The summed E-state index contributed by atoms with van der Waals surface area (Å²) in [6.07, 6.45) is -0.409. The predicted molar refractivity (Wildman–Crippen MR) is 63.2 cm³/mol. The Morgan fingerprint density at radius 3 is 2.69 bits per heavy atom. The first-order valence-electron chi connectivity index (χ1n) is 5.12. The standard InChI is InChI=1S/C13H13NO2/c1-14-13(15)16-9-10-6-7-11-4-2-3-5-12(11)8-10/h2-8H,9H2,1H3,(H,14,15). The minimum Gasteiger partial charge on any atom is -0.445 e. The molecule has 0 aliphatic rings. The van der Waals surface area contributed by atoms with Crippen LogP contribution in [0.3, 0.4) is 0 Å². The van der Waals surface area contributed by atoms with Crippen LogP contribution in [-0.2, 0) is 11.3 Å². The van der Waals surface area contributed by atoms with Crippen molar-refractivity contribution in [3.63, 3.8) is 0 Å². The lowest BCUT2D eigenvalue weighted by molar-refractivity contribution is 0.142. The molecule has 0 radical (unpaired) electrons. The van der Waals surface area contributed by atoms with Crippen LogP contribution in [0.25, 0.3) is 10.8 Å². The summed E-state index contributed by atoms with van der Waals surface area (Å²) in [6.45, 7) is 0.296. The number of hydrogen-bond donors (Lipinski definition) is 1. The van der Waals surface area contributed by atoms with Gasteiger partial charge in [-0.15, -0.1) is 0 Å². The van der Waals surface area contributed by atoms with E-state index < -0.39 is 6.09 Å². The summed E-state index contributed by atoms with van der Waals surface area (Å²) in [7, 11) is 1.54. The molecule has 1 amide bonds. The Labute approximate surface area is 94.0 Å². The Balaban J connectivity index is 2.16. The number of ether oxygens (including phenoxy) is 1. The van der Waals surface area contributed by atoms with Crippen LogP contribution in [0, 0.1) is 0 Å². The number of nitrogens with one attached hydrogen (secondary N) is 1. The molecular formula is C13H13NO2. The van der Waals surface area contributed by atoms with Gasteiger partial charge in [-0.25, -0.2) is 4.79 Å². The Bertz CT molecular complexity index is 508. The van der Waals surface area contributed by atoms with E-state index in [4.69, 9.17) is 4.74 Å². The summed E-state index contributed by atoms with van der Waals surface area (Å²) in [5.74, 6) is 0. The largest absolute Gasteiger partial charge is 0.445 e. The number of hydrogen-bond acceptors (Lipinski definition) is 2. The van der Waals surface area contributed by atoms with Gasteiger partial charge in [-0.2, -0.15) is 0 Å². The van der Waals surface area contributed by atoms with Gasteiger partial charge in [0.1, 0.15) is 6.61 Å². The first kappa shape index (κ1) is 10.5. The van der Waals surface area contributed by atoms with Gasteiger partial charge in [0, 0.05) is 7.05 Å². The number of carbonyl (C=O) groups excluding carboxylic acids is 1. The van der Waals surface area contributed by atoms with E-state index in [1.807, 2.05) is 36.4 Å². The highest BCUT2D eigenvalue weighted by Crippen LogP contribution is 2.16. The summed E-state index contributed by atoms with van der Waals surface area (Å²) in [4.78, 5) is 10.9. The molecule has 1 N–H and O–H groups in total. The molecule has 0 aromatic heterocycles. The topological polar surface area (TPSA) is 38.3 Å². The van der Waals surface area contributed by atoms with Crippen LogP contribution in [0.4, 0.5) is 4.79 Å². The maximum atomic E-state index is 10.9. The Morgan fingerprint density at radius 1 is 1.19 bits per heavy atom. The van der Waals surface area contributed by atoms with Crippen LogP contribution < -0.4 is 5.32 Å². The quantitative estimate of drug-likeness (QED) is 0.836. The molecule has 16 heavy (non-hydrogen) atoms. The van der Waals surface area contributed by atoms with Gasteiger partial charge in [-0.05, 0) is 22.4 Å². The molecule has 0 atom stereocenters. The summed E-state index contributed by atoms with van der Waals surface area (Å²) in [5, 5.41) is 4.75. The van der Waals surface area contributed by atoms with Crippen molar-refractivity contribution in [1.82, 2.24) is 5.32 Å². The molecule has 0 bridgehead atoms. The average molecular weight is 215 g/mol. The molecule has 3 nitrogen and oxygen atoms in total. The van der Waals surface area contributed by atoms with Gasteiger partial charge < -0.3 is 10.1 Å². The van der Waals surface area contributed by atoms with Gasteiger partial charge in [-0.1, -0.05) is 36.4 Å². The molecule has 0 fully saturated rings. The third kappa shape index (κ3) is 2.31. The van der Waals surface area contributed by atoms with E-state index in [1.165, 1.54) is 5.39 Å². The SMILES string of the molecule is CNC(=O)OCc1ccc2ccccc2c1. The van der Waals surface area contributed by atoms with Gasteiger partial charge in [-0.3, -0.25) is 0 Å². The van der Waals surface area contributed by atoms with Crippen LogP contribution in [0.15, 0.2) is 42.5 Å². The van der Waals surface area contributed by atoms with Crippen molar-refractivity contribution in [2.75, 3.05) is 7.05 Å². The Kier molecular flexibility index (Phi) is 3.05. The van der Waals surface area contributed by atoms with Crippen molar-refractivity contribution >= 4 is 16.9 Å². The molecule has 0 saturated heterocycles. The number of rotatable bonds is 2. The molecule has 82 valence electrons. The van der Waals surface area contributed by atoms with E-state index >= 15 is 0 Å². The normalized spacial score (nSPS) is 10.1. The molecule has 0 heterocycles. The second-order valence-corrected chi connectivity index (χ2v) is 3.51. The molecule has 2 aromatic carbocycles. The first-order valence-corrected chi connectivity index (χ1v) is 5.12. The number of amides is 1. The highest BCUT2D eigenvalue weighted by molar-refractivity contribution is 5.83. The second-order valence-electron chi connectivity index (χ2n) is 3.51. The van der Waals surface area contributed by atoms with Crippen molar-refractivity contribution in [3.8, 4) is 0 Å². The molecule has 3 heteroatoms. The molecular weight excluding hydrogens is 202 g/mol. The number of alkyl carbamates (subject to hydrolysis) is 1. The summed E-state index contributed by atoms with van der Waals surface area (Å²) < 4.78 is 4.98. The fraction of sp³-hybridized carbons (Fsp3) is 0.154. The number of benzene rings is 2. The predicted octanol–water partition coefficient (Wildman–Crippen LogP) is 2.70. The van der Waals surface area contributed by atoms with Crippen LogP contribution in [0.2, 0.25) is 0 Å². The van der Waals surface area contributed by atoms with E-state index in [2.05, 4.69) is 11.4 Å². The van der Waals surface area contributed by atoms with Crippen molar-refractivity contribution in [2.45, 2.75) is 6.61 Å². The molecule has 2 rings (SSSR count). The zero-order valence-corrected chi connectivity index (χ0v) is 9.07. The lowest BCUT2D eigenvalue weighted by Gasteiger charge is -2.05. The van der Waals surface area contributed by atoms with E-state index in [-0.39, 0.29) is 0 Å². The molecule has 0 aliphatic heterocycles. The number of carbonyl (C=O) groups is 1. The minimum absolute atomic E-state index is 0.296. The van der Waals surface area contributed by atoms with Crippen LogP contribution in [0.1, 0.15) is 5.56 Å². The summed E-state index contributed by atoms with van der Waals surface area (Å²) in [6, 6.07) is 14.1. The van der Waals surface area contributed by atoms with Gasteiger partial charge in [0.05, 0.1) is 0 Å². The van der Waals surface area contributed by atoms with E-state index in [0.29, 0.717) is 6.61 Å². The average Bonchev–Trinajstić information content (AvgIpc) is 2.35. The van der Waals surface area contributed by atoms with Crippen molar-refractivity contribution < 1.29 is 9.53 Å². The minimum atomic E-state index is -0.409. The van der Waals surface area contributed by atoms with Gasteiger partial charge >= 0.3 is 6.09 Å². The summed E-state index contributed by atoms with van der Waals surface area (Å²) >= 11 is 0. The Hall–Kier alpha value is -2.03. The van der Waals surface area contributed by atoms with Gasteiger partial charge in [0.2, 0.25) is 0 Å². The van der Waals surface area contributed by atoms with E-state index in [1.54, 1.807) is 7.05 Å². The summed E-state index contributed by atoms with van der Waals surface area (Å²) in [5.41, 5.74) is 0.988. The first-order chi connectivity index (χ1) is 7.79. The lowest BCUT2D eigenvalue weighted by atomic mass is 10.1. The molecule has 0 saturated carbocycles. The lowest BCUT2D eigenvalue weighted by Crippen LogP contribution is -2.18. The molecule has 0 unspecified atom stereocenters. The maximum Gasteiger partial charge on any atom is 0.407 e.